The molecule has 1 heterocycles. The zero-order chi connectivity index (χ0) is 16.8. The summed E-state index contributed by atoms with van der Waals surface area (Å²) in [5.74, 6) is 2.26. The predicted molar refractivity (Wildman–Crippen MR) is 98.8 cm³/mol. The van der Waals surface area contributed by atoms with Gasteiger partial charge in [-0.3, -0.25) is 5.43 Å². The van der Waals surface area contributed by atoms with Gasteiger partial charge in [0.1, 0.15) is 5.82 Å². The van der Waals surface area contributed by atoms with Gasteiger partial charge < -0.3 is 15.2 Å². The molecule has 2 aromatic rings. The van der Waals surface area contributed by atoms with E-state index in [0.29, 0.717) is 35.0 Å². The fourth-order valence-corrected chi connectivity index (χ4v) is 2.83. The van der Waals surface area contributed by atoms with E-state index < -0.39 is 0 Å². The first-order valence-corrected chi connectivity index (χ1v) is 8.67. The summed E-state index contributed by atoms with van der Waals surface area (Å²) < 4.78 is 12.0. The maximum Gasteiger partial charge on any atom is 0.205 e. The van der Waals surface area contributed by atoms with E-state index in [1.54, 1.807) is 18.7 Å². The number of nitrogens with two attached hydrogens (primary N) is 1. The smallest absolute Gasteiger partial charge is 0.205 e. The number of hydrogen-bond donors (Lipinski definition) is 2. The number of nitrogens with one attached hydrogen (secondary N) is 1. The number of methoxy groups -OCH3 is 1. The van der Waals surface area contributed by atoms with Crippen LogP contribution in [0.5, 0.6) is 11.5 Å². The highest BCUT2D eigenvalue weighted by atomic mass is 79.9. The van der Waals surface area contributed by atoms with Gasteiger partial charge in [-0.05, 0) is 39.5 Å². The van der Waals surface area contributed by atoms with Gasteiger partial charge in [0, 0.05) is 5.38 Å². The molecule has 6 nitrogen and oxygen atoms in total. The second-order valence-electron chi connectivity index (χ2n) is 5.19. The molecule has 0 aliphatic carbocycles. The van der Waals surface area contributed by atoms with Crippen molar-refractivity contribution in [3.05, 3.63) is 27.5 Å². The predicted octanol–water partition coefficient (Wildman–Crippen LogP) is 3.98. The third-order valence-corrected chi connectivity index (χ3v) is 4.06. The molecule has 1 aromatic carbocycles. The molecule has 3 N–H and O–H groups in total. The van der Waals surface area contributed by atoms with Crippen LogP contribution in [-0.4, -0.2) is 24.9 Å². The number of benzene rings is 1. The van der Waals surface area contributed by atoms with Gasteiger partial charge in [0.25, 0.3) is 0 Å². The van der Waals surface area contributed by atoms with Crippen LogP contribution in [0.25, 0.3) is 0 Å². The maximum atomic E-state index is 5.80. The Hall–Kier alpha value is -1.80. The molecule has 0 fully saturated rings. The van der Waals surface area contributed by atoms with Crippen LogP contribution in [-0.2, 0) is 0 Å². The summed E-state index contributed by atoms with van der Waals surface area (Å²) in [4.78, 5) is 4.07. The quantitative estimate of drug-likeness (QED) is 0.544. The van der Waals surface area contributed by atoms with E-state index in [-0.39, 0.29) is 0 Å². The molecule has 0 bridgehead atoms. The molecule has 0 aliphatic heterocycles. The summed E-state index contributed by atoms with van der Waals surface area (Å²) in [6.45, 7) is 4.81. The van der Waals surface area contributed by atoms with Crippen molar-refractivity contribution < 1.29 is 9.47 Å². The van der Waals surface area contributed by atoms with Gasteiger partial charge in [0.05, 0.1) is 24.4 Å². The third-order valence-electron chi connectivity index (χ3n) is 2.71. The SMILES string of the molecule is COc1cc(C=NNc2nc(N)cs2)cc(Br)c1OCC(C)C. The van der Waals surface area contributed by atoms with E-state index >= 15 is 0 Å². The average Bonchev–Trinajstić information content (AvgIpc) is 2.91. The minimum Gasteiger partial charge on any atom is -0.493 e. The van der Waals surface area contributed by atoms with Gasteiger partial charge in [-0.1, -0.05) is 13.8 Å². The Labute approximate surface area is 147 Å². The minimum absolute atomic E-state index is 0.433. The molecule has 8 heteroatoms. The molecule has 0 atom stereocenters. The zero-order valence-electron chi connectivity index (χ0n) is 13.2. The van der Waals surface area contributed by atoms with Gasteiger partial charge in [0.2, 0.25) is 5.13 Å². The van der Waals surface area contributed by atoms with E-state index in [2.05, 4.69) is 45.3 Å². The number of hydrazone groups is 1. The molecular formula is C15H19BrN4O2S. The highest BCUT2D eigenvalue weighted by molar-refractivity contribution is 9.10. The lowest BCUT2D eigenvalue weighted by Gasteiger charge is -2.14. The molecule has 0 saturated carbocycles. The van der Waals surface area contributed by atoms with E-state index in [1.807, 2.05) is 12.1 Å². The first-order chi connectivity index (χ1) is 11.0. The average molecular weight is 399 g/mol. The van der Waals surface area contributed by atoms with Crippen molar-refractivity contribution in [1.29, 1.82) is 0 Å². The number of thiazole rings is 1. The largest absolute Gasteiger partial charge is 0.493 e. The summed E-state index contributed by atoms with van der Waals surface area (Å²) in [7, 11) is 1.61. The van der Waals surface area contributed by atoms with E-state index in [0.717, 1.165) is 10.0 Å². The fraction of sp³-hybridized carbons (Fsp3) is 0.333. The number of halogens is 1. The second-order valence-corrected chi connectivity index (χ2v) is 6.90. The van der Waals surface area contributed by atoms with Crippen LogP contribution in [0.3, 0.4) is 0 Å². The third kappa shape index (κ3) is 5.11. The summed E-state index contributed by atoms with van der Waals surface area (Å²) in [5.41, 5.74) is 9.25. The van der Waals surface area contributed by atoms with Crippen molar-refractivity contribution in [1.82, 2.24) is 4.98 Å². The lowest BCUT2D eigenvalue weighted by molar-refractivity contribution is 0.255. The number of aromatic nitrogens is 1. The monoisotopic (exact) mass is 398 g/mol. The Morgan fingerprint density at radius 1 is 1.48 bits per heavy atom. The van der Waals surface area contributed by atoms with Crippen LogP contribution in [0.2, 0.25) is 0 Å². The molecule has 23 heavy (non-hydrogen) atoms. The van der Waals surface area contributed by atoms with Gasteiger partial charge in [-0.25, -0.2) is 4.98 Å². The Bertz CT molecular complexity index is 688. The number of ether oxygens (including phenoxy) is 2. The molecule has 0 unspecified atom stereocenters. The van der Waals surface area contributed by atoms with E-state index in [1.165, 1.54) is 11.3 Å². The number of nitrogen functional groups attached to an aromatic ring is 1. The van der Waals surface area contributed by atoms with E-state index in [4.69, 9.17) is 15.2 Å². The summed E-state index contributed by atoms with van der Waals surface area (Å²) >= 11 is 4.91. The van der Waals surface area contributed by atoms with Gasteiger partial charge in [0.15, 0.2) is 11.5 Å². The van der Waals surface area contributed by atoms with Gasteiger partial charge in [-0.15, -0.1) is 11.3 Å². The molecule has 0 spiro atoms. The molecule has 2 rings (SSSR count). The fourth-order valence-electron chi connectivity index (χ4n) is 1.70. The van der Waals surface area contributed by atoms with E-state index in [9.17, 15) is 0 Å². The molecule has 0 aliphatic rings. The highest BCUT2D eigenvalue weighted by Crippen LogP contribution is 2.36. The zero-order valence-corrected chi connectivity index (χ0v) is 15.6. The topological polar surface area (TPSA) is 81.8 Å². The van der Waals surface area contributed by atoms with Gasteiger partial charge >= 0.3 is 0 Å². The first kappa shape index (κ1) is 17.6. The lowest BCUT2D eigenvalue weighted by atomic mass is 10.2. The van der Waals surface area contributed by atoms with Crippen molar-refractivity contribution >= 4 is 44.4 Å². The van der Waals surface area contributed by atoms with Crippen molar-refractivity contribution in [2.45, 2.75) is 13.8 Å². The molecular weight excluding hydrogens is 380 g/mol. The normalized spacial score (nSPS) is 11.2. The van der Waals surface area contributed by atoms with Crippen molar-refractivity contribution in [2.24, 2.45) is 11.0 Å². The van der Waals surface area contributed by atoms with Crippen LogP contribution in [0.15, 0.2) is 27.1 Å². The number of nitrogens with zero attached hydrogens (tertiary/aromatic N) is 2. The standard InChI is InChI=1S/C15H19BrN4O2S/c1-9(2)7-22-14-11(16)4-10(5-12(14)21-3)6-18-20-15-19-13(17)8-23-15/h4-6,8-9H,7,17H2,1-3H3,(H,19,20). The molecule has 0 saturated heterocycles. The molecule has 0 radical (unpaired) electrons. The van der Waals surface area contributed by atoms with Gasteiger partial charge in [-0.2, -0.15) is 5.10 Å². The Morgan fingerprint density at radius 2 is 2.26 bits per heavy atom. The van der Waals surface area contributed by atoms with Crippen molar-refractivity contribution in [3.8, 4) is 11.5 Å². The van der Waals surface area contributed by atoms with Crippen LogP contribution in [0.1, 0.15) is 19.4 Å². The summed E-state index contributed by atoms with van der Waals surface area (Å²) in [6, 6.07) is 3.78. The van der Waals surface area contributed by atoms with Crippen LogP contribution >= 0.6 is 27.3 Å². The summed E-state index contributed by atoms with van der Waals surface area (Å²) in [6.07, 6.45) is 1.68. The number of hydrogen-bond acceptors (Lipinski definition) is 7. The Morgan fingerprint density at radius 3 is 2.87 bits per heavy atom. The summed E-state index contributed by atoms with van der Waals surface area (Å²) in [5, 5.41) is 6.53. The minimum atomic E-state index is 0.433. The van der Waals surface area contributed by atoms with Crippen LogP contribution in [0.4, 0.5) is 10.9 Å². The lowest BCUT2D eigenvalue weighted by Crippen LogP contribution is -2.06. The van der Waals surface area contributed by atoms with Crippen molar-refractivity contribution in [3.63, 3.8) is 0 Å². The maximum absolute atomic E-state index is 5.80. The van der Waals surface area contributed by atoms with Crippen LogP contribution < -0.4 is 20.6 Å². The first-order valence-electron chi connectivity index (χ1n) is 7.00. The highest BCUT2D eigenvalue weighted by Gasteiger charge is 2.11. The molecule has 124 valence electrons. The van der Waals surface area contributed by atoms with Crippen molar-refractivity contribution in [2.75, 3.05) is 24.9 Å². The Balaban J connectivity index is 2.11. The number of anilines is 2. The Kier molecular flexibility index (Phi) is 6.23. The molecule has 1 aromatic heterocycles. The van der Waals surface area contributed by atoms with Crippen LogP contribution in [0, 0.1) is 5.92 Å². The molecule has 0 amide bonds. The number of rotatable bonds is 7. The second kappa shape index (κ2) is 8.16.